The molecule has 0 spiro atoms. The summed E-state index contributed by atoms with van der Waals surface area (Å²) in [5.41, 5.74) is 2.46. The highest BCUT2D eigenvalue weighted by Crippen LogP contribution is 2.31. The summed E-state index contributed by atoms with van der Waals surface area (Å²) in [7, 11) is -7.82. The van der Waals surface area contributed by atoms with Gasteiger partial charge in [-0.2, -0.15) is 0 Å². The number of anilines is 2. The molecule has 0 unspecified atom stereocenters. The Bertz CT molecular complexity index is 1770. The van der Waals surface area contributed by atoms with Crippen molar-refractivity contribution in [3.8, 4) is 11.5 Å². The maximum Gasteiger partial charge on any atom is 0.337 e. The Morgan fingerprint density at radius 2 is 1.15 bits per heavy atom. The molecule has 4 aromatic rings. The summed E-state index contributed by atoms with van der Waals surface area (Å²) in [6, 6.07) is 21.4. The van der Waals surface area contributed by atoms with Crippen LogP contribution in [0.4, 0.5) is 11.4 Å². The van der Waals surface area contributed by atoms with Gasteiger partial charge in [-0.15, -0.1) is 0 Å². The van der Waals surface area contributed by atoms with Gasteiger partial charge in [0.05, 0.1) is 26.7 Å². The first-order chi connectivity index (χ1) is 18.9. The van der Waals surface area contributed by atoms with E-state index < -0.39 is 26.0 Å². The van der Waals surface area contributed by atoms with E-state index in [2.05, 4.69) is 9.44 Å². The fourth-order valence-electron chi connectivity index (χ4n) is 3.86. The third-order valence-electron chi connectivity index (χ3n) is 6.07. The molecule has 9 nitrogen and oxygen atoms in total. The molecule has 0 aliphatic rings. The number of carboxylic acids is 1. The van der Waals surface area contributed by atoms with Crippen LogP contribution in [0.25, 0.3) is 0 Å². The van der Waals surface area contributed by atoms with Crippen LogP contribution in [0.5, 0.6) is 11.5 Å². The Morgan fingerprint density at radius 1 is 0.700 bits per heavy atom. The van der Waals surface area contributed by atoms with Crippen LogP contribution in [0.3, 0.4) is 0 Å². The highest BCUT2D eigenvalue weighted by molar-refractivity contribution is 7.93. The second kappa shape index (κ2) is 11.4. The van der Waals surface area contributed by atoms with Crippen molar-refractivity contribution in [3.05, 3.63) is 107 Å². The zero-order valence-electron chi connectivity index (χ0n) is 22.0. The minimum atomic E-state index is -4.02. The lowest BCUT2D eigenvalue weighted by Gasteiger charge is -2.15. The van der Waals surface area contributed by atoms with Crippen LogP contribution in [0, 0.1) is 13.8 Å². The quantitative estimate of drug-likeness (QED) is 0.210. The molecule has 0 amide bonds. The van der Waals surface area contributed by atoms with Crippen LogP contribution >= 0.6 is 0 Å². The number of rotatable bonds is 10. The van der Waals surface area contributed by atoms with Gasteiger partial charge in [-0.3, -0.25) is 9.44 Å². The number of carbonyl (C=O) groups is 1. The van der Waals surface area contributed by atoms with Crippen LogP contribution in [0.1, 0.15) is 34.0 Å². The molecule has 11 heteroatoms. The second-order valence-corrected chi connectivity index (χ2v) is 12.5. The van der Waals surface area contributed by atoms with Crippen LogP contribution in [0.2, 0.25) is 0 Å². The van der Waals surface area contributed by atoms with Crippen molar-refractivity contribution in [2.24, 2.45) is 0 Å². The normalized spacial score (nSPS) is 11.6. The van der Waals surface area contributed by atoms with E-state index in [1.807, 2.05) is 20.8 Å². The molecule has 0 bridgehead atoms. The van der Waals surface area contributed by atoms with E-state index in [1.165, 1.54) is 42.5 Å². The predicted molar refractivity (Wildman–Crippen MR) is 153 cm³/mol. The summed E-state index contributed by atoms with van der Waals surface area (Å²) >= 11 is 0. The molecule has 4 rings (SSSR count). The second-order valence-electron chi connectivity index (χ2n) is 9.12. The van der Waals surface area contributed by atoms with Gasteiger partial charge in [0.1, 0.15) is 11.5 Å². The Balaban J connectivity index is 1.56. The molecule has 0 aromatic heterocycles. The molecular formula is C29H28N2O7S2. The minimum absolute atomic E-state index is 0.0000444. The molecule has 0 aliphatic heterocycles. The highest BCUT2D eigenvalue weighted by Gasteiger charge is 2.20. The number of ether oxygens (including phenoxy) is 1. The van der Waals surface area contributed by atoms with Crippen molar-refractivity contribution in [1.29, 1.82) is 0 Å². The fourth-order valence-corrected chi connectivity index (χ4v) is 6.04. The first kappa shape index (κ1) is 28.7. The fraction of sp³-hybridized carbons (Fsp3) is 0.138. The van der Waals surface area contributed by atoms with E-state index in [-0.39, 0.29) is 26.8 Å². The first-order valence-corrected chi connectivity index (χ1v) is 15.2. The van der Waals surface area contributed by atoms with Gasteiger partial charge >= 0.3 is 5.97 Å². The molecule has 0 atom stereocenters. The van der Waals surface area contributed by atoms with Crippen molar-refractivity contribution in [2.45, 2.75) is 37.0 Å². The van der Waals surface area contributed by atoms with Gasteiger partial charge in [0, 0.05) is 0 Å². The number of sulfonamides is 2. The molecule has 208 valence electrons. The number of nitrogens with one attached hydrogen (secondary N) is 2. The van der Waals surface area contributed by atoms with Crippen LogP contribution < -0.4 is 14.2 Å². The molecule has 0 saturated heterocycles. The number of aromatic carboxylic acids is 1. The van der Waals surface area contributed by atoms with Gasteiger partial charge in [0.25, 0.3) is 20.0 Å². The summed E-state index contributed by atoms with van der Waals surface area (Å²) in [5.74, 6) is -0.840. The topological polar surface area (TPSA) is 139 Å². The van der Waals surface area contributed by atoms with E-state index in [1.54, 1.807) is 42.5 Å². The van der Waals surface area contributed by atoms with Gasteiger partial charge in [-0.25, -0.2) is 21.6 Å². The van der Waals surface area contributed by atoms with Crippen molar-refractivity contribution in [1.82, 2.24) is 0 Å². The summed E-state index contributed by atoms with van der Waals surface area (Å²) < 4.78 is 62.1. The third-order valence-corrected chi connectivity index (χ3v) is 8.83. The monoisotopic (exact) mass is 580 g/mol. The Morgan fingerprint density at radius 3 is 1.62 bits per heavy atom. The minimum Gasteiger partial charge on any atom is -0.478 e. The smallest absolute Gasteiger partial charge is 0.337 e. The van der Waals surface area contributed by atoms with Crippen LogP contribution in [-0.2, 0) is 26.5 Å². The number of hydrogen-bond acceptors (Lipinski definition) is 6. The molecule has 0 aliphatic carbocycles. The molecule has 0 fully saturated rings. The van der Waals surface area contributed by atoms with Gasteiger partial charge in [-0.05, 0) is 86.5 Å². The number of carboxylic acid groups (broad SMARTS) is 1. The van der Waals surface area contributed by atoms with Crippen molar-refractivity contribution in [3.63, 3.8) is 0 Å². The van der Waals surface area contributed by atoms with Crippen molar-refractivity contribution >= 4 is 37.4 Å². The molecule has 0 saturated carbocycles. The molecule has 0 radical (unpaired) electrons. The van der Waals surface area contributed by atoms with Gasteiger partial charge in [0.2, 0.25) is 0 Å². The zero-order chi connectivity index (χ0) is 29.1. The maximum absolute atomic E-state index is 12.8. The van der Waals surface area contributed by atoms with Crippen LogP contribution in [0.15, 0.2) is 94.7 Å². The van der Waals surface area contributed by atoms with Crippen LogP contribution in [-0.4, -0.2) is 27.9 Å². The van der Waals surface area contributed by atoms with E-state index in [0.29, 0.717) is 23.4 Å². The zero-order valence-corrected chi connectivity index (χ0v) is 23.6. The predicted octanol–water partition coefficient (Wildman–Crippen LogP) is 5.96. The van der Waals surface area contributed by atoms with Crippen molar-refractivity contribution < 1.29 is 31.5 Å². The van der Waals surface area contributed by atoms with E-state index >= 15 is 0 Å². The summed E-state index contributed by atoms with van der Waals surface area (Å²) in [6.07, 6.45) is 0.489. The van der Waals surface area contributed by atoms with Gasteiger partial charge in [0.15, 0.2) is 0 Å². The van der Waals surface area contributed by atoms with E-state index in [0.717, 1.165) is 11.1 Å². The molecule has 3 N–H and O–H groups in total. The van der Waals surface area contributed by atoms with Gasteiger partial charge in [-0.1, -0.05) is 42.3 Å². The Hall–Kier alpha value is -4.35. The molecular weight excluding hydrogens is 552 g/mol. The lowest BCUT2D eigenvalue weighted by molar-refractivity contribution is 0.0697. The lowest BCUT2D eigenvalue weighted by Crippen LogP contribution is -2.15. The Labute approximate surface area is 233 Å². The number of benzene rings is 4. The van der Waals surface area contributed by atoms with Crippen molar-refractivity contribution in [2.75, 3.05) is 9.44 Å². The molecule has 0 heterocycles. The molecule has 40 heavy (non-hydrogen) atoms. The number of hydrogen-bond donors (Lipinski definition) is 3. The summed E-state index contributed by atoms with van der Waals surface area (Å²) in [6.45, 7) is 5.56. The summed E-state index contributed by atoms with van der Waals surface area (Å²) in [5, 5.41) is 9.74. The van der Waals surface area contributed by atoms with Gasteiger partial charge < -0.3 is 9.84 Å². The van der Waals surface area contributed by atoms with E-state index in [4.69, 9.17) is 4.74 Å². The largest absolute Gasteiger partial charge is 0.478 e. The maximum atomic E-state index is 12.8. The highest BCUT2D eigenvalue weighted by atomic mass is 32.2. The SMILES string of the molecule is CCc1cc(Oc2ccc(NS(=O)(=O)c3ccc(C)cc3)c(C(=O)O)c2)ccc1NS(=O)(=O)c1ccc(C)cc1. The first-order valence-electron chi connectivity index (χ1n) is 12.2. The lowest BCUT2D eigenvalue weighted by atomic mass is 10.1. The standard InChI is InChI=1S/C29H28N2O7S2/c1-4-21-17-22(9-15-27(21)30-39(34,35)24-11-5-19(2)6-12-24)38-23-10-16-28(26(18-23)29(32)33)31-40(36,37)25-13-7-20(3)8-14-25/h5-18,30-31H,4H2,1-3H3,(H,32,33). The Kier molecular flexibility index (Phi) is 8.17. The molecule has 4 aromatic carbocycles. The third kappa shape index (κ3) is 6.61. The van der Waals surface area contributed by atoms with E-state index in [9.17, 15) is 26.7 Å². The summed E-state index contributed by atoms with van der Waals surface area (Å²) in [4.78, 5) is 12.1. The average molecular weight is 581 g/mol. The average Bonchev–Trinajstić information content (AvgIpc) is 2.90. The number of aryl methyl sites for hydroxylation is 3.